The van der Waals surface area contributed by atoms with Gasteiger partial charge in [-0.05, 0) is 48.9 Å². The molecule has 2 N–H and O–H groups in total. The van der Waals surface area contributed by atoms with Crippen molar-refractivity contribution < 1.29 is 9.53 Å². The Labute approximate surface area is 201 Å². The second-order valence-corrected chi connectivity index (χ2v) is 8.41. The van der Waals surface area contributed by atoms with Crippen molar-refractivity contribution in [3.8, 4) is 11.5 Å². The minimum absolute atomic E-state index is 0.00139. The summed E-state index contributed by atoms with van der Waals surface area (Å²) in [5.74, 6) is 2.13. The highest BCUT2D eigenvalue weighted by atomic mass is 16.5. The number of benzene rings is 2. The van der Waals surface area contributed by atoms with Crippen LogP contribution >= 0.6 is 0 Å². The number of likely N-dealkylation sites (tertiary alicyclic amines) is 1. The van der Waals surface area contributed by atoms with Crippen LogP contribution in [-0.4, -0.2) is 48.6 Å². The van der Waals surface area contributed by atoms with Crippen LogP contribution in [0.1, 0.15) is 12.5 Å². The average Bonchev–Trinajstić information content (AvgIpc) is 3.56. The first-order valence-electron chi connectivity index (χ1n) is 11.4. The van der Waals surface area contributed by atoms with Gasteiger partial charge in [0.25, 0.3) is 0 Å². The van der Waals surface area contributed by atoms with Crippen molar-refractivity contribution >= 4 is 39.5 Å². The molecule has 5 aromatic rings. The molecule has 1 aliphatic heterocycles. The minimum Gasteiger partial charge on any atom is -0.457 e. The number of rotatable bonds is 6. The van der Waals surface area contributed by atoms with Gasteiger partial charge in [0, 0.05) is 25.0 Å². The third-order valence-corrected chi connectivity index (χ3v) is 6.21. The lowest BCUT2D eigenvalue weighted by Gasteiger charge is -2.19. The quantitative estimate of drug-likeness (QED) is 0.349. The van der Waals surface area contributed by atoms with Crippen LogP contribution < -0.4 is 10.1 Å². The van der Waals surface area contributed by atoms with Crippen molar-refractivity contribution in [1.29, 1.82) is 0 Å². The molecule has 1 atom stereocenters. The van der Waals surface area contributed by atoms with Gasteiger partial charge in [-0.3, -0.25) is 4.79 Å². The van der Waals surface area contributed by atoms with E-state index in [9.17, 15) is 4.79 Å². The Morgan fingerprint density at radius 3 is 2.71 bits per heavy atom. The molecule has 1 saturated heterocycles. The number of hydrogen-bond donors (Lipinski definition) is 2. The molecule has 0 spiro atoms. The molecule has 3 aromatic heterocycles. The van der Waals surface area contributed by atoms with Gasteiger partial charge in [0.15, 0.2) is 11.5 Å². The van der Waals surface area contributed by atoms with Gasteiger partial charge in [-0.15, -0.1) is 0 Å². The maximum atomic E-state index is 12.1. The van der Waals surface area contributed by atoms with Gasteiger partial charge in [-0.1, -0.05) is 24.8 Å². The highest BCUT2D eigenvalue weighted by Gasteiger charge is 2.29. The van der Waals surface area contributed by atoms with Gasteiger partial charge >= 0.3 is 0 Å². The van der Waals surface area contributed by atoms with Crippen molar-refractivity contribution in [2.45, 2.75) is 12.5 Å². The van der Waals surface area contributed by atoms with Crippen molar-refractivity contribution in [2.24, 2.45) is 0 Å². The smallest absolute Gasteiger partial charge is 0.246 e. The van der Waals surface area contributed by atoms with E-state index in [2.05, 4.69) is 26.8 Å². The summed E-state index contributed by atoms with van der Waals surface area (Å²) in [5, 5.41) is 10.1. The second kappa shape index (κ2) is 8.60. The molecule has 6 rings (SSSR count). The van der Waals surface area contributed by atoms with Crippen LogP contribution in [0.4, 0.5) is 11.5 Å². The van der Waals surface area contributed by atoms with Crippen LogP contribution in [0.5, 0.6) is 11.5 Å². The third-order valence-electron chi connectivity index (χ3n) is 6.21. The fourth-order valence-electron chi connectivity index (χ4n) is 4.49. The predicted octanol–water partition coefficient (Wildman–Crippen LogP) is 4.80. The normalized spacial score (nSPS) is 15.5. The summed E-state index contributed by atoms with van der Waals surface area (Å²) >= 11 is 0. The van der Waals surface area contributed by atoms with Crippen molar-refractivity contribution in [1.82, 2.24) is 29.6 Å². The molecule has 1 aliphatic rings. The molecular weight excluding hydrogens is 442 g/mol. The number of nitrogens with zero attached hydrogens (tertiary/aromatic N) is 5. The number of carbonyl (C=O) groups excluding carboxylic acids is 1. The minimum atomic E-state index is -0.0696. The van der Waals surface area contributed by atoms with Gasteiger partial charge in [0.2, 0.25) is 5.91 Å². The van der Waals surface area contributed by atoms with Crippen molar-refractivity contribution in [3.63, 3.8) is 0 Å². The number of hydrogen-bond acceptors (Lipinski definition) is 6. The molecule has 1 amide bonds. The Morgan fingerprint density at radius 2 is 1.91 bits per heavy atom. The lowest BCUT2D eigenvalue weighted by molar-refractivity contribution is -0.125. The molecule has 0 saturated carbocycles. The summed E-state index contributed by atoms with van der Waals surface area (Å²) in [7, 11) is 0. The first-order chi connectivity index (χ1) is 17.2. The lowest BCUT2D eigenvalue weighted by Crippen LogP contribution is -2.27. The number of nitrogens with one attached hydrogen (secondary N) is 2. The standard InChI is InChI=1S/C26H23N7O2/c1-2-22(34)32-13-12-18(15-32)33-26-23-21(14-27-25(23)28-16-29-26)24(31-33)30-17-8-10-20(11-9-17)35-19-6-4-3-5-7-19/h2-11,14,16,18H,1,12-13,15H2,(H,30,31)(H,27,28,29)/t18-/m0/s1. The topological polar surface area (TPSA) is 101 Å². The van der Waals surface area contributed by atoms with Crippen LogP contribution in [-0.2, 0) is 4.79 Å². The van der Waals surface area contributed by atoms with E-state index in [1.807, 2.05) is 59.3 Å². The first-order valence-corrected chi connectivity index (χ1v) is 11.4. The van der Waals surface area contributed by atoms with E-state index >= 15 is 0 Å². The van der Waals surface area contributed by atoms with Crippen LogP contribution in [0.25, 0.3) is 22.1 Å². The number of ether oxygens (including phenoxy) is 1. The Kier molecular flexibility index (Phi) is 5.14. The summed E-state index contributed by atoms with van der Waals surface area (Å²) in [6.07, 6.45) is 5.56. The van der Waals surface area contributed by atoms with Crippen LogP contribution in [0.2, 0.25) is 0 Å². The molecule has 0 unspecified atom stereocenters. The van der Waals surface area contributed by atoms with E-state index < -0.39 is 0 Å². The van der Waals surface area contributed by atoms with Gasteiger partial charge < -0.3 is 19.9 Å². The molecule has 174 valence electrons. The zero-order chi connectivity index (χ0) is 23.8. The number of anilines is 2. The lowest BCUT2D eigenvalue weighted by atomic mass is 10.2. The van der Waals surface area contributed by atoms with Crippen LogP contribution in [0, 0.1) is 0 Å². The molecule has 0 bridgehead atoms. The fraction of sp³-hybridized carbons (Fsp3) is 0.154. The molecule has 35 heavy (non-hydrogen) atoms. The van der Waals surface area contributed by atoms with Crippen molar-refractivity contribution in [3.05, 3.63) is 79.8 Å². The fourth-order valence-corrected chi connectivity index (χ4v) is 4.49. The molecule has 1 fully saturated rings. The molecule has 4 heterocycles. The first kappa shape index (κ1) is 20.9. The van der Waals surface area contributed by atoms with Gasteiger partial charge in [-0.25, -0.2) is 14.6 Å². The summed E-state index contributed by atoms with van der Waals surface area (Å²) < 4.78 is 7.81. The Morgan fingerprint density at radius 1 is 1.11 bits per heavy atom. The number of aromatic amines is 1. The molecular formula is C26H23N7O2. The molecule has 0 aliphatic carbocycles. The zero-order valence-corrected chi connectivity index (χ0v) is 18.9. The van der Waals surface area contributed by atoms with Crippen LogP contribution in [0.15, 0.2) is 79.8 Å². The largest absolute Gasteiger partial charge is 0.457 e. The average molecular weight is 466 g/mol. The molecule has 0 radical (unpaired) electrons. The van der Waals surface area contributed by atoms with E-state index in [-0.39, 0.29) is 11.9 Å². The predicted molar refractivity (Wildman–Crippen MR) is 134 cm³/mol. The Bertz CT molecular complexity index is 1520. The zero-order valence-electron chi connectivity index (χ0n) is 18.9. The number of para-hydroxylation sites is 1. The van der Waals surface area contributed by atoms with E-state index in [4.69, 9.17) is 9.84 Å². The van der Waals surface area contributed by atoms with E-state index in [1.165, 1.54) is 6.08 Å². The van der Waals surface area contributed by atoms with Crippen LogP contribution in [0.3, 0.4) is 0 Å². The monoisotopic (exact) mass is 465 g/mol. The number of H-pyrrole nitrogens is 1. The second-order valence-electron chi connectivity index (χ2n) is 8.41. The van der Waals surface area contributed by atoms with E-state index in [1.54, 1.807) is 17.4 Å². The van der Waals surface area contributed by atoms with Crippen molar-refractivity contribution in [2.75, 3.05) is 18.4 Å². The van der Waals surface area contributed by atoms with E-state index in [0.29, 0.717) is 18.9 Å². The maximum Gasteiger partial charge on any atom is 0.246 e. The summed E-state index contributed by atoms with van der Waals surface area (Å²) in [5.41, 5.74) is 2.35. The van der Waals surface area contributed by atoms with Gasteiger partial charge in [-0.2, -0.15) is 5.10 Å². The summed E-state index contributed by atoms with van der Waals surface area (Å²) in [6.45, 7) is 4.82. The highest BCUT2D eigenvalue weighted by Crippen LogP contribution is 2.34. The highest BCUT2D eigenvalue weighted by molar-refractivity contribution is 6.09. The third kappa shape index (κ3) is 3.86. The Hall–Kier alpha value is -4.66. The molecule has 9 nitrogen and oxygen atoms in total. The SMILES string of the molecule is C=CC(=O)N1CC[C@H](n2nc(Nc3ccc(Oc4ccccc4)cc3)c3cnc4[nH]cnc2c43)C1. The maximum absolute atomic E-state index is 12.1. The number of aromatic nitrogens is 5. The molecule has 2 aromatic carbocycles. The Balaban J connectivity index is 1.33. The number of carbonyl (C=O) groups is 1. The van der Waals surface area contributed by atoms with Gasteiger partial charge in [0.05, 0.1) is 23.1 Å². The van der Waals surface area contributed by atoms with Gasteiger partial charge in [0.1, 0.15) is 17.1 Å². The summed E-state index contributed by atoms with van der Waals surface area (Å²) in [4.78, 5) is 26.1. The van der Waals surface area contributed by atoms with E-state index in [0.717, 1.165) is 45.7 Å². The number of amides is 1. The summed E-state index contributed by atoms with van der Waals surface area (Å²) in [6, 6.07) is 17.4. The molecule has 9 heteroatoms.